The van der Waals surface area contributed by atoms with Crippen LogP contribution in [0.25, 0.3) is 0 Å². The van der Waals surface area contributed by atoms with Crippen molar-refractivity contribution in [1.29, 1.82) is 10.5 Å². The zero-order valence-electron chi connectivity index (χ0n) is 6.31. The minimum absolute atomic E-state index is 0.0174. The molecule has 1 unspecified atom stereocenters. The van der Waals surface area contributed by atoms with E-state index in [4.69, 9.17) is 10.5 Å². The monoisotopic (exact) mass is 134 g/mol. The first-order valence-corrected chi connectivity index (χ1v) is 3.46. The summed E-state index contributed by atoms with van der Waals surface area (Å²) in [5.74, 6) is 0. The zero-order chi connectivity index (χ0) is 7.83. The summed E-state index contributed by atoms with van der Waals surface area (Å²) in [5, 5.41) is 17.3. The first-order valence-electron chi connectivity index (χ1n) is 3.46. The van der Waals surface area contributed by atoms with Crippen LogP contribution in [0.1, 0.15) is 26.7 Å². The van der Waals surface area contributed by atoms with Crippen molar-refractivity contribution in [3.05, 3.63) is 0 Å². The van der Waals surface area contributed by atoms with Gasteiger partial charge in [0, 0.05) is 5.41 Å². The van der Waals surface area contributed by atoms with E-state index in [0.29, 0.717) is 0 Å². The minimum Gasteiger partial charge on any atom is -0.197 e. The number of hydrogen-bond donors (Lipinski definition) is 0. The lowest BCUT2D eigenvalue weighted by atomic mass is 9.95. The van der Waals surface area contributed by atoms with Crippen LogP contribution >= 0.6 is 0 Å². The van der Waals surface area contributed by atoms with Gasteiger partial charge in [0.2, 0.25) is 0 Å². The Morgan fingerprint density at radius 1 is 1.40 bits per heavy atom. The fraction of sp³-hybridized carbons (Fsp3) is 0.750. The van der Waals surface area contributed by atoms with Crippen LogP contribution in [0.5, 0.6) is 0 Å². The molecule has 10 heavy (non-hydrogen) atoms. The molecule has 0 aromatic carbocycles. The van der Waals surface area contributed by atoms with Crippen molar-refractivity contribution in [1.82, 2.24) is 0 Å². The molecule has 2 heteroatoms. The van der Waals surface area contributed by atoms with Gasteiger partial charge < -0.3 is 0 Å². The average molecular weight is 134 g/mol. The molecule has 0 amide bonds. The zero-order valence-corrected chi connectivity index (χ0v) is 6.31. The maximum absolute atomic E-state index is 8.65. The second-order valence-electron chi connectivity index (χ2n) is 3.22. The molecule has 0 aromatic heterocycles. The van der Waals surface area contributed by atoms with Crippen LogP contribution in [0.15, 0.2) is 0 Å². The smallest absolute Gasteiger partial charge is 0.149 e. The third-order valence-electron chi connectivity index (χ3n) is 2.72. The highest BCUT2D eigenvalue weighted by Gasteiger charge is 2.65. The van der Waals surface area contributed by atoms with Gasteiger partial charge in [0.1, 0.15) is 5.41 Å². The van der Waals surface area contributed by atoms with E-state index >= 15 is 0 Å². The number of hydrogen-bond acceptors (Lipinski definition) is 2. The molecule has 0 spiro atoms. The van der Waals surface area contributed by atoms with Gasteiger partial charge in [-0.3, -0.25) is 0 Å². The third-order valence-corrected chi connectivity index (χ3v) is 2.72. The molecule has 0 aliphatic heterocycles. The number of rotatable bonds is 1. The molecule has 1 fully saturated rings. The van der Waals surface area contributed by atoms with Gasteiger partial charge in [-0.1, -0.05) is 13.8 Å². The van der Waals surface area contributed by atoms with Crippen LogP contribution in [-0.2, 0) is 0 Å². The van der Waals surface area contributed by atoms with E-state index in [1.807, 2.05) is 13.8 Å². The highest BCUT2D eigenvalue weighted by molar-refractivity contribution is 5.32. The maximum Gasteiger partial charge on any atom is 0.149 e. The van der Waals surface area contributed by atoms with Gasteiger partial charge in [-0.2, -0.15) is 10.5 Å². The molecule has 1 atom stereocenters. The Morgan fingerprint density at radius 2 is 1.90 bits per heavy atom. The summed E-state index contributed by atoms with van der Waals surface area (Å²) >= 11 is 0. The van der Waals surface area contributed by atoms with Gasteiger partial charge in [0.05, 0.1) is 12.1 Å². The summed E-state index contributed by atoms with van der Waals surface area (Å²) in [7, 11) is 0. The predicted molar refractivity (Wildman–Crippen MR) is 36.7 cm³/mol. The van der Waals surface area contributed by atoms with E-state index in [2.05, 4.69) is 12.1 Å². The van der Waals surface area contributed by atoms with Crippen LogP contribution in [0.3, 0.4) is 0 Å². The van der Waals surface area contributed by atoms with Crippen LogP contribution in [0, 0.1) is 33.5 Å². The molecule has 0 bridgehead atoms. The Balaban J connectivity index is 2.84. The normalized spacial score (nSPS) is 34.0. The Kier molecular flexibility index (Phi) is 1.23. The second kappa shape index (κ2) is 1.73. The van der Waals surface area contributed by atoms with E-state index in [1.54, 1.807) is 0 Å². The Hall–Kier alpha value is -1.02. The van der Waals surface area contributed by atoms with E-state index in [1.165, 1.54) is 0 Å². The molecule has 0 saturated heterocycles. The molecule has 0 N–H and O–H groups in total. The quantitative estimate of drug-likeness (QED) is 0.549. The molecule has 1 saturated carbocycles. The van der Waals surface area contributed by atoms with Crippen molar-refractivity contribution in [2.24, 2.45) is 10.8 Å². The molecule has 2 nitrogen and oxygen atoms in total. The topological polar surface area (TPSA) is 47.6 Å². The van der Waals surface area contributed by atoms with Gasteiger partial charge in [0.25, 0.3) is 0 Å². The first kappa shape index (κ1) is 7.09. The fourth-order valence-electron chi connectivity index (χ4n) is 1.34. The van der Waals surface area contributed by atoms with Crippen LogP contribution in [0.4, 0.5) is 0 Å². The van der Waals surface area contributed by atoms with E-state index < -0.39 is 5.41 Å². The lowest BCUT2D eigenvalue weighted by Crippen LogP contribution is -2.05. The SMILES string of the molecule is CCC1(C)CC1(C#N)C#N. The summed E-state index contributed by atoms with van der Waals surface area (Å²) in [4.78, 5) is 0. The van der Waals surface area contributed by atoms with Crippen molar-refractivity contribution < 1.29 is 0 Å². The lowest BCUT2D eigenvalue weighted by molar-refractivity contribution is 0.481. The highest BCUT2D eigenvalue weighted by atomic mass is 14.7. The molecule has 1 aliphatic rings. The van der Waals surface area contributed by atoms with E-state index in [0.717, 1.165) is 12.8 Å². The van der Waals surface area contributed by atoms with Crippen LogP contribution in [-0.4, -0.2) is 0 Å². The van der Waals surface area contributed by atoms with Gasteiger partial charge in [-0.25, -0.2) is 0 Å². The summed E-state index contributed by atoms with van der Waals surface area (Å²) in [6.45, 7) is 4.02. The van der Waals surface area contributed by atoms with Gasteiger partial charge in [-0.15, -0.1) is 0 Å². The lowest BCUT2D eigenvalue weighted by Gasteiger charge is -2.04. The Morgan fingerprint density at radius 3 is 2.00 bits per heavy atom. The van der Waals surface area contributed by atoms with Gasteiger partial charge in [0.15, 0.2) is 0 Å². The molecule has 0 radical (unpaired) electrons. The van der Waals surface area contributed by atoms with E-state index in [9.17, 15) is 0 Å². The molecular weight excluding hydrogens is 124 g/mol. The highest BCUT2D eigenvalue weighted by Crippen LogP contribution is 2.64. The summed E-state index contributed by atoms with van der Waals surface area (Å²) in [6, 6.07) is 4.16. The van der Waals surface area contributed by atoms with Crippen molar-refractivity contribution in [3.63, 3.8) is 0 Å². The Labute approximate surface area is 61.1 Å². The summed E-state index contributed by atoms with van der Waals surface area (Å²) < 4.78 is 0. The fourth-order valence-corrected chi connectivity index (χ4v) is 1.34. The molecular formula is C8H10N2. The summed E-state index contributed by atoms with van der Waals surface area (Å²) in [6.07, 6.45) is 1.68. The van der Waals surface area contributed by atoms with Crippen molar-refractivity contribution >= 4 is 0 Å². The molecule has 1 aliphatic carbocycles. The van der Waals surface area contributed by atoms with Gasteiger partial charge >= 0.3 is 0 Å². The molecule has 1 rings (SSSR count). The first-order chi connectivity index (χ1) is 4.64. The van der Waals surface area contributed by atoms with Crippen molar-refractivity contribution in [3.8, 4) is 12.1 Å². The molecule has 52 valence electrons. The predicted octanol–water partition coefficient (Wildman–Crippen LogP) is 1.84. The largest absolute Gasteiger partial charge is 0.197 e. The number of nitrogens with zero attached hydrogens (tertiary/aromatic N) is 2. The maximum atomic E-state index is 8.65. The second-order valence-corrected chi connectivity index (χ2v) is 3.22. The minimum atomic E-state index is -0.651. The van der Waals surface area contributed by atoms with Crippen LogP contribution < -0.4 is 0 Å². The van der Waals surface area contributed by atoms with E-state index in [-0.39, 0.29) is 5.41 Å². The number of nitriles is 2. The third kappa shape index (κ3) is 0.567. The average Bonchev–Trinajstić information content (AvgIpc) is 2.59. The standard InChI is InChI=1S/C8H10N2/c1-3-7(2)4-8(7,5-9)6-10/h3-4H2,1-2H3. The van der Waals surface area contributed by atoms with Crippen molar-refractivity contribution in [2.75, 3.05) is 0 Å². The molecule has 0 aromatic rings. The van der Waals surface area contributed by atoms with Gasteiger partial charge in [-0.05, 0) is 12.8 Å². The molecule has 0 heterocycles. The van der Waals surface area contributed by atoms with Crippen molar-refractivity contribution in [2.45, 2.75) is 26.7 Å². The Bertz CT molecular complexity index is 217. The van der Waals surface area contributed by atoms with Crippen LogP contribution in [0.2, 0.25) is 0 Å². The summed E-state index contributed by atoms with van der Waals surface area (Å²) in [5.41, 5.74) is -0.668.